The zero-order chi connectivity index (χ0) is 10.1. The number of rotatable bonds is 2. The molecule has 1 amide bonds. The van der Waals surface area contributed by atoms with Crippen LogP contribution in [0, 0.1) is 11.3 Å². The summed E-state index contributed by atoms with van der Waals surface area (Å²) in [5.41, 5.74) is 0.375. The molecule has 2 heteroatoms. The van der Waals surface area contributed by atoms with Crippen molar-refractivity contribution in [2.45, 2.75) is 40.5 Å². The van der Waals surface area contributed by atoms with E-state index in [4.69, 9.17) is 0 Å². The molecule has 1 fully saturated rings. The Morgan fingerprint density at radius 2 is 2.15 bits per heavy atom. The highest BCUT2D eigenvalue weighted by atomic mass is 16.2. The SMILES string of the molecule is CC(=O)N1CCC(C)(CC(C)C)C1. The zero-order valence-electron chi connectivity index (χ0n) is 9.26. The van der Waals surface area contributed by atoms with E-state index in [1.54, 1.807) is 6.92 Å². The van der Waals surface area contributed by atoms with Gasteiger partial charge in [0, 0.05) is 20.0 Å². The van der Waals surface area contributed by atoms with Gasteiger partial charge in [-0.3, -0.25) is 4.79 Å². The van der Waals surface area contributed by atoms with E-state index in [2.05, 4.69) is 20.8 Å². The Balaban J connectivity index is 2.51. The van der Waals surface area contributed by atoms with Gasteiger partial charge in [-0.2, -0.15) is 0 Å². The molecule has 2 nitrogen and oxygen atoms in total. The standard InChI is InChI=1S/C11H21NO/c1-9(2)7-11(4)5-6-12(8-11)10(3)13/h9H,5-8H2,1-4H3. The van der Waals surface area contributed by atoms with Crippen molar-refractivity contribution in [3.63, 3.8) is 0 Å². The minimum absolute atomic E-state index is 0.229. The quantitative estimate of drug-likeness (QED) is 0.643. The number of hydrogen-bond acceptors (Lipinski definition) is 1. The Morgan fingerprint density at radius 3 is 2.54 bits per heavy atom. The summed E-state index contributed by atoms with van der Waals surface area (Å²) < 4.78 is 0. The molecule has 1 aliphatic rings. The molecular weight excluding hydrogens is 162 g/mol. The van der Waals surface area contributed by atoms with Gasteiger partial charge in [0.1, 0.15) is 0 Å². The van der Waals surface area contributed by atoms with Crippen LogP contribution >= 0.6 is 0 Å². The maximum atomic E-state index is 11.1. The highest BCUT2D eigenvalue weighted by Gasteiger charge is 2.34. The summed E-state index contributed by atoms with van der Waals surface area (Å²) in [7, 11) is 0. The lowest BCUT2D eigenvalue weighted by molar-refractivity contribution is -0.128. The van der Waals surface area contributed by atoms with Gasteiger partial charge in [0.05, 0.1) is 0 Å². The molecule has 0 N–H and O–H groups in total. The normalized spacial score (nSPS) is 28.5. The minimum Gasteiger partial charge on any atom is -0.342 e. The van der Waals surface area contributed by atoms with Crippen molar-refractivity contribution in [2.24, 2.45) is 11.3 Å². The first kappa shape index (κ1) is 10.6. The number of nitrogens with zero attached hydrogens (tertiary/aromatic N) is 1. The predicted molar refractivity (Wildman–Crippen MR) is 54.4 cm³/mol. The Labute approximate surface area is 81.3 Å². The van der Waals surface area contributed by atoms with E-state index in [9.17, 15) is 4.79 Å². The molecule has 1 aliphatic heterocycles. The molecule has 0 aromatic heterocycles. The fraction of sp³-hybridized carbons (Fsp3) is 0.909. The topological polar surface area (TPSA) is 20.3 Å². The molecule has 0 aromatic carbocycles. The Morgan fingerprint density at radius 1 is 1.54 bits per heavy atom. The van der Waals surface area contributed by atoms with Crippen LogP contribution in [0.5, 0.6) is 0 Å². The molecule has 0 radical (unpaired) electrons. The summed E-state index contributed by atoms with van der Waals surface area (Å²) in [6, 6.07) is 0. The van der Waals surface area contributed by atoms with Crippen LogP contribution in [-0.4, -0.2) is 23.9 Å². The molecule has 1 heterocycles. The van der Waals surface area contributed by atoms with Gasteiger partial charge >= 0.3 is 0 Å². The van der Waals surface area contributed by atoms with Gasteiger partial charge in [-0.25, -0.2) is 0 Å². The average molecular weight is 183 g/mol. The lowest BCUT2D eigenvalue weighted by atomic mass is 9.81. The number of hydrogen-bond donors (Lipinski definition) is 0. The van der Waals surface area contributed by atoms with Gasteiger partial charge in [-0.05, 0) is 24.2 Å². The van der Waals surface area contributed by atoms with Gasteiger partial charge in [0.2, 0.25) is 5.91 Å². The van der Waals surface area contributed by atoms with Crippen LogP contribution in [0.1, 0.15) is 40.5 Å². The molecule has 1 saturated heterocycles. The Kier molecular flexibility index (Phi) is 2.99. The molecule has 76 valence electrons. The minimum atomic E-state index is 0.229. The summed E-state index contributed by atoms with van der Waals surface area (Å²) in [4.78, 5) is 13.1. The van der Waals surface area contributed by atoms with Crippen molar-refractivity contribution in [2.75, 3.05) is 13.1 Å². The van der Waals surface area contributed by atoms with Gasteiger partial charge in [0.25, 0.3) is 0 Å². The third-order valence-corrected chi connectivity index (χ3v) is 2.90. The maximum absolute atomic E-state index is 11.1. The average Bonchev–Trinajstić information content (AvgIpc) is 2.29. The summed E-state index contributed by atoms with van der Waals surface area (Å²) in [5, 5.41) is 0. The van der Waals surface area contributed by atoms with Crippen molar-refractivity contribution < 1.29 is 4.79 Å². The van der Waals surface area contributed by atoms with E-state index in [1.165, 1.54) is 12.8 Å². The second kappa shape index (κ2) is 3.69. The molecule has 0 saturated carbocycles. The molecule has 1 rings (SSSR count). The maximum Gasteiger partial charge on any atom is 0.219 e. The largest absolute Gasteiger partial charge is 0.342 e. The number of carbonyl (C=O) groups excluding carboxylic acids is 1. The number of likely N-dealkylation sites (tertiary alicyclic amines) is 1. The molecule has 0 aliphatic carbocycles. The van der Waals surface area contributed by atoms with Crippen LogP contribution in [0.25, 0.3) is 0 Å². The molecular formula is C11H21NO. The highest BCUT2D eigenvalue weighted by molar-refractivity contribution is 5.73. The van der Waals surface area contributed by atoms with Gasteiger partial charge in [-0.1, -0.05) is 20.8 Å². The van der Waals surface area contributed by atoms with Gasteiger partial charge < -0.3 is 4.90 Å². The van der Waals surface area contributed by atoms with E-state index in [0.29, 0.717) is 5.41 Å². The van der Waals surface area contributed by atoms with Crippen molar-refractivity contribution in [1.82, 2.24) is 4.90 Å². The first-order valence-corrected chi connectivity index (χ1v) is 5.18. The Bertz CT molecular complexity index is 200. The number of carbonyl (C=O) groups is 1. The van der Waals surface area contributed by atoms with Crippen LogP contribution < -0.4 is 0 Å². The third kappa shape index (κ3) is 2.71. The van der Waals surface area contributed by atoms with Crippen LogP contribution in [-0.2, 0) is 4.79 Å². The lowest BCUT2D eigenvalue weighted by Gasteiger charge is -2.26. The van der Waals surface area contributed by atoms with Crippen molar-refractivity contribution in [3.05, 3.63) is 0 Å². The molecule has 1 unspecified atom stereocenters. The third-order valence-electron chi connectivity index (χ3n) is 2.90. The molecule has 0 aromatic rings. The first-order chi connectivity index (χ1) is 5.93. The summed E-state index contributed by atoms with van der Waals surface area (Å²) in [5.74, 6) is 0.962. The molecule has 0 bridgehead atoms. The van der Waals surface area contributed by atoms with E-state index in [1.807, 2.05) is 4.90 Å². The zero-order valence-corrected chi connectivity index (χ0v) is 9.26. The van der Waals surface area contributed by atoms with Crippen LogP contribution in [0.4, 0.5) is 0 Å². The number of amides is 1. The van der Waals surface area contributed by atoms with Crippen LogP contribution in [0.2, 0.25) is 0 Å². The predicted octanol–water partition coefficient (Wildman–Crippen LogP) is 2.29. The fourth-order valence-corrected chi connectivity index (χ4v) is 2.44. The molecule has 1 atom stereocenters. The monoisotopic (exact) mass is 183 g/mol. The molecule has 0 spiro atoms. The highest BCUT2D eigenvalue weighted by Crippen LogP contribution is 2.35. The molecule has 13 heavy (non-hydrogen) atoms. The van der Waals surface area contributed by atoms with Crippen molar-refractivity contribution in [1.29, 1.82) is 0 Å². The fourth-order valence-electron chi connectivity index (χ4n) is 2.44. The van der Waals surface area contributed by atoms with Crippen LogP contribution in [0.3, 0.4) is 0 Å². The van der Waals surface area contributed by atoms with Gasteiger partial charge in [-0.15, -0.1) is 0 Å². The van der Waals surface area contributed by atoms with E-state index in [-0.39, 0.29) is 5.91 Å². The summed E-state index contributed by atoms with van der Waals surface area (Å²) in [6.07, 6.45) is 2.40. The van der Waals surface area contributed by atoms with Crippen molar-refractivity contribution >= 4 is 5.91 Å². The first-order valence-electron chi connectivity index (χ1n) is 5.18. The Hall–Kier alpha value is -0.530. The summed E-state index contributed by atoms with van der Waals surface area (Å²) >= 11 is 0. The van der Waals surface area contributed by atoms with Gasteiger partial charge in [0.15, 0.2) is 0 Å². The lowest BCUT2D eigenvalue weighted by Crippen LogP contribution is -2.29. The smallest absolute Gasteiger partial charge is 0.219 e. The van der Waals surface area contributed by atoms with E-state index in [0.717, 1.165) is 19.0 Å². The van der Waals surface area contributed by atoms with Crippen molar-refractivity contribution in [3.8, 4) is 0 Å². The summed E-state index contributed by atoms with van der Waals surface area (Å²) in [6.45, 7) is 10.4. The van der Waals surface area contributed by atoms with E-state index < -0.39 is 0 Å². The van der Waals surface area contributed by atoms with E-state index >= 15 is 0 Å². The second-order valence-electron chi connectivity index (χ2n) is 5.10. The van der Waals surface area contributed by atoms with Crippen LogP contribution in [0.15, 0.2) is 0 Å². The second-order valence-corrected chi connectivity index (χ2v) is 5.10.